The highest BCUT2D eigenvalue weighted by Gasteiger charge is 2.23. The van der Waals surface area contributed by atoms with Crippen LogP contribution < -0.4 is 10.6 Å². The zero-order valence-electron chi connectivity index (χ0n) is 11.5. The van der Waals surface area contributed by atoms with Gasteiger partial charge in [-0.15, -0.1) is 0 Å². The van der Waals surface area contributed by atoms with Gasteiger partial charge in [0.25, 0.3) is 0 Å². The Balaban J connectivity index is 2.01. The molecule has 0 aliphatic carbocycles. The molecule has 3 rings (SSSR count). The Morgan fingerprint density at radius 1 is 1.19 bits per heavy atom. The predicted octanol–water partition coefficient (Wildman–Crippen LogP) is 2.52. The summed E-state index contributed by atoms with van der Waals surface area (Å²) in [5, 5.41) is 11.2. The van der Waals surface area contributed by atoms with Crippen LogP contribution in [-0.2, 0) is 13.0 Å². The number of hydrogen-bond acceptors (Lipinski definition) is 5. The van der Waals surface area contributed by atoms with Crippen molar-refractivity contribution in [1.82, 2.24) is 4.98 Å². The van der Waals surface area contributed by atoms with E-state index in [9.17, 15) is 10.1 Å². The van der Waals surface area contributed by atoms with Crippen LogP contribution in [0.4, 0.5) is 17.3 Å². The highest BCUT2D eigenvalue weighted by Crippen LogP contribution is 2.30. The summed E-state index contributed by atoms with van der Waals surface area (Å²) in [6, 6.07) is 11.1. The Bertz CT molecular complexity index is 687. The van der Waals surface area contributed by atoms with Crippen molar-refractivity contribution in [2.24, 2.45) is 0 Å². The quantitative estimate of drug-likeness (QED) is 0.676. The summed E-state index contributed by atoms with van der Waals surface area (Å²) >= 11 is 0. The zero-order chi connectivity index (χ0) is 14.8. The maximum Gasteiger partial charge on any atom is 0.311 e. The average Bonchev–Trinajstić information content (AvgIpc) is 2.68. The monoisotopic (exact) mass is 284 g/mol. The van der Waals surface area contributed by atoms with Crippen molar-refractivity contribution in [1.29, 1.82) is 0 Å². The molecule has 1 aliphatic rings. The first kappa shape index (κ1) is 13.4. The Kier molecular flexibility index (Phi) is 3.43. The van der Waals surface area contributed by atoms with Crippen molar-refractivity contribution in [3.05, 3.63) is 57.6 Å². The highest BCUT2D eigenvalue weighted by molar-refractivity contribution is 5.61. The molecule has 0 fully saturated rings. The Morgan fingerprint density at radius 3 is 2.71 bits per heavy atom. The van der Waals surface area contributed by atoms with Crippen LogP contribution in [0, 0.1) is 10.1 Å². The molecule has 108 valence electrons. The van der Waals surface area contributed by atoms with Gasteiger partial charge in [0, 0.05) is 19.2 Å². The van der Waals surface area contributed by atoms with Crippen molar-refractivity contribution < 1.29 is 4.92 Å². The molecule has 0 radical (unpaired) electrons. The average molecular weight is 284 g/mol. The second kappa shape index (κ2) is 5.40. The van der Waals surface area contributed by atoms with Crippen molar-refractivity contribution in [3.63, 3.8) is 0 Å². The fourth-order valence-electron chi connectivity index (χ4n) is 2.71. The van der Waals surface area contributed by atoms with Gasteiger partial charge in [-0.25, -0.2) is 4.98 Å². The van der Waals surface area contributed by atoms with E-state index in [2.05, 4.69) is 17.1 Å². The van der Waals surface area contributed by atoms with Crippen LogP contribution in [0.15, 0.2) is 36.4 Å². The van der Waals surface area contributed by atoms with Crippen LogP contribution in [0.3, 0.4) is 0 Å². The molecule has 1 aromatic carbocycles. The topological polar surface area (TPSA) is 85.3 Å². The highest BCUT2D eigenvalue weighted by atomic mass is 16.6. The van der Waals surface area contributed by atoms with Crippen LogP contribution in [0.5, 0.6) is 0 Å². The Hall–Kier alpha value is -2.63. The molecular formula is C15H16N4O2. The van der Waals surface area contributed by atoms with E-state index in [1.807, 2.05) is 17.0 Å². The molecule has 0 bridgehead atoms. The van der Waals surface area contributed by atoms with E-state index in [1.165, 1.54) is 23.3 Å². The number of fused-ring (bicyclic) bond motifs is 1. The first-order chi connectivity index (χ1) is 10.1. The van der Waals surface area contributed by atoms with Gasteiger partial charge in [0.1, 0.15) is 5.82 Å². The standard InChI is InChI=1S/C15H16N4O2/c16-14-8-7-13(19(20)21)15(17-14)18-9-3-6-11-4-1-2-5-12(11)10-18/h1-2,4-5,7-8H,3,6,9-10H2,(H2,16,17). The number of aryl methyl sites for hydroxylation is 1. The molecule has 1 aliphatic heterocycles. The summed E-state index contributed by atoms with van der Waals surface area (Å²) in [5.41, 5.74) is 8.20. The van der Waals surface area contributed by atoms with Gasteiger partial charge in [0.15, 0.2) is 0 Å². The molecule has 0 unspecified atom stereocenters. The third kappa shape index (κ3) is 2.65. The van der Waals surface area contributed by atoms with Gasteiger partial charge in [-0.2, -0.15) is 0 Å². The number of pyridine rings is 1. The van der Waals surface area contributed by atoms with Crippen LogP contribution in [0.1, 0.15) is 17.5 Å². The molecule has 0 saturated heterocycles. The van der Waals surface area contributed by atoms with E-state index in [-0.39, 0.29) is 5.69 Å². The van der Waals surface area contributed by atoms with E-state index >= 15 is 0 Å². The minimum absolute atomic E-state index is 0.00332. The number of nitro groups is 1. The zero-order valence-corrected chi connectivity index (χ0v) is 11.5. The van der Waals surface area contributed by atoms with Crippen molar-refractivity contribution in [3.8, 4) is 0 Å². The molecule has 2 N–H and O–H groups in total. The number of rotatable bonds is 2. The van der Waals surface area contributed by atoms with Crippen LogP contribution in [0.25, 0.3) is 0 Å². The first-order valence-corrected chi connectivity index (χ1v) is 6.88. The van der Waals surface area contributed by atoms with E-state index < -0.39 is 4.92 Å². The Morgan fingerprint density at radius 2 is 1.95 bits per heavy atom. The van der Waals surface area contributed by atoms with Gasteiger partial charge in [-0.05, 0) is 30.0 Å². The van der Waals surface area contributed by atoms with Crippen molar-refractivity contribution >= 4 is 17.3 Å². The first-order valence-electron chi connectivity index (χ1n) is 6.88. The molecular weight excluding hydrogens is 268 g/mol. The summed E-state index contributed by atoms with van der Waals surface area (Å²) in [5.74, 6) is 0.657. The SMILES string of the molecule is Nc1ccc([N+](=O)[O-])c(N2CCCc3ccccc3C2)n1. The number of hydrogen-bond donors (Lipinski definition) is 1. The van der Waals surface area contributed by atoms with Crippen molar-refractivity contribution in [2.45, 2.75) is 19.4 Å². The van der Waals surface area contributed by atoms with E-state index in [0.29, 0.717) is 18.2 Å². The summed E-state index contributed by atoms with van der Waals surface area (Å²) in [6.45, 7) is 1.35. The molecule has 6 nitrogen and oxygen atoms in total. The number of anilines is 2. The lowest BCUT2D eigenvalue weighted by molar-refractivity contribution is -0.384. The van der Waals surface area contributed by atoms with Gasteiger partial charge >= 0.3 is 5.69 Å². The maximum absolute atomic E-state index is 11.2. The fraction of sp³-hybridized carbons (Fsp3) is 0.267. The van der Waals surface area contributed by atoms with Gasteiger partial charge in [0.05, 0.1) is 4.92 Å². The second-order valence-electron chi connectivity index (χ2n) is 5.13. The number of nitrogens with zero attached hydrogens (tertiary/aromatic N) is 3. The van der Waals surface area contributed by atoms with Gasteiger partial charge in [-0.1, -0.05) is 24.3 Å². The van der Waals surface area contributed by atoms with Crippen molar-refractivity contribution in [2.75, 3.05) is 17.2 Å². The third-order valence-electron chi connectivity index (χ3n) is 3.73. The van der Waals surface area contributed by atoms with Gasteiger partial charge < -0.3 is 10.6 Å². The molecule has 2 heterocycles. The van der Waals surface area contributed by atoms with Crippen LogP contribution >= 0.6 is 0 Å². The largest absolute Gasteiger partial charge is 0.384 e. The normalized spacial score (nSPS) is 14.4. The van der Waals surface area contributed by atoms with E-state index in [4.69, 9.17) is 5.73 Å². The molecule has 0 saturated carbocycles. The second-order valence-corrected chi connectivity index (χ2v) is 5.13. The summed E-state index contributed by atoms with van der Waals surface area (Å²) in [6.07, 6.45) is 1.91. The lowest BCUT2D eigenvalue weighted by atomic mass is 10.0. The summed E-state index contributed by atoms with van der Waals surface area (Å²) in [4.78, 5) is 16.9. The summed E-state index contributed by atoms with van der Waals surface area (Å²) in [7, 11) is 0. The van der Waals surface area contributed by atoms with E-state index in [0.717, 1.165) is 19.4 Å². The van der Waals surface area contributed by atoms with Gasteiger partial charge in [-0.3, -0.25) is 10.1 Å². The fourth-order valence-corrected chi connectivity index (χ4v) is 2.71. The third-order valence-corrected chi connectivity index (χ3v) is 3.73. The molecule has 0 spiro atoms. The molecule has 6 heteroatoms. The van der Waals surface area contributed by atoms with Gasteiger partial charge in [0.2, 0.25) is 5.82 Å². The molecule has 0 atom stereocenters. The maximum atomic E-state index is 11.2. The molecule has 21 heavy (non-hydrogen) atoms. The summed E-state index contributed by atoms with van der Waals surface area (Å²) < 4.78 is 0. The lowest BCUT2D eigenvalue weighted by Gasteiger charge is -2.21. The number of benzene rings is 1. The number of nitrogen functional groups attached to an aromatic ring is 1. The minimum atomic E-state index is -0.404. The lowest BCUT2D eigenvalue weighted by Crippen LogP contribution is -2.24. The predicted molar refractivity (Wildman–Crippen MR) is 81.1 cm³/mol. The smallest absolute Gasteiger partial charge is 0.311 e. The Labute approximate surface area is 122 Å². The van der Waals surface area contributed by atoms with Crippen LogP contribution in [0.2, 0.25) is 0 Å². The molecule has 1 aromatic heterocycles. The molecule has 2 aromatic rings. The van der Waals surface area contributed by atoms with E-state index in [1.54, 1.807) is 0 Å². The minimum Gasteiger partial charge on any atom is -0.384 e. The number of aromatic nitrogens is 1. The number of nitrogens with two attached hydrogens (primary N) is 1. The van der Waals surface area contributed by atoms with Crippen LogP contribution in [-0.4, -0.2) is 16.5 Å². The molecule has 0 amide bonds.